The Morgan fingerprint density at radius 3 is 2.54 bits per heavy atom. The van der Waals surface area contributed by atoms with Gasteiger partial charge in [-0.25, -0.2) is 4.79 Å². The van der Waals surface area contributed by atoms with Gasteiger partial charge in [-0.1, -0.05) is 19.9 Å². The number of nitrogens with one attached hydrogen (secondary N) is 1. The van der Waals surface area contributed by atoms with E-state index in [4.69, 9.17) is 9.47 Å². The van der Waals surface area contributed by atoms with Gasteiger partial charge in [-0.05, 0) is 58.4 Å². The van der Waals surface area contributed by atoms with E-state index in [2.05, 4.69) is 10.3 Å². The minimum absolute atomic E-state index is 0.000187. The fraction of sp³-hybridized carbons (Fsp3) is 0.500. The van der Waals surface area contributed by atoms with Gasteiger partial charge in [0.2, 0.25) is 0 Å². The van der Waals surface area contributed by atoms with E-state index in [1.54, 1.807) is 49.8 Å². The first-order valence-corrected chi connectivity index (χ1v) is 12.7. The van der Waals surface area contributed by atoms with Crippen LogP contribution in [0.1, 0.15) is 68.7 Å². The van der Waals surface area contributed by atoms with Gasteiger partial charge in [-0.15, -0.1) is 0 Å². The summed E-state index contributed by atoms with van der Waals surface area (Å²) >= 11 is 0. The predicted octanol–water partition coefficient (Wildman–Crippen LogP) is 4.84. The van der Waals surface area contributed by atoms with E-state index in [9.17, 15) is 14.4 Å². The van der Waals surface area contributed by atoms with Gasteiger partial charge in [0.25, 0.3) is 11.8 Å². The number of rotatable bonds is 6. The van der Waals surface area contributed by atoms with Crippen LogP contribution in [0.4, 0.5) is 10.5 Å². The number of benzene rings is 1. The van der Waals surface area contributed by atoms with Crippen molar-refractivity contribution in [3.05, 3.63) is 53.9 Å². The second kappa shape index (κ2) is 11.6. The van der Waals surface area contributed by atoms with Gasteiger partial charge in [-0.3, -0.25) is 14.6 Å². The van der Waals surface area contributed by atoms with Crippen molar-refractivity contribution in [1.29, 1.82) is 0 Å². The van der Waals surface area contributed by atoms with E-state index in [1.807, 2.05) is 46.4 Å². The van der Waals surface area contributed by atoms with Crippen molar-refractivity contribution in [2.45, 2.75) is 65.7 Å². The number of para-hydroxylation sites is 1. The van der Waals surface area contributed by atoms with Crippen molar-refractivity contribution < 1.29 is 23.9 Å². The van der Waals surface area contributed by atoms with E-state index in [0.717, 1.165) is 6.42 Å². The maximum absolute atomic E-state index is 13.7. The highest BCUT2D eigenvalue weighted by Gasteiger charge is 2.35. The highest BCUT2D eigenvalue weighted by molar-refractivity contribution is 6.07. The van der Waals surface area contributed by atoms with Crippen LogP contribution in [-0.4, -0.2) is 70.6 Å². The molecular weight excluding hydrogens is 472 g/mol. The summed E-state index contributed by atoms with van der Waals surface area (Å²) in [5.41, 5.74) is 0.552. The van der Waals surface area contributed by atoms with Crippen LogP contribution in [0.2, 0.25) is 0 Å². The number of aromatic nitrogens is 1. The van der Waals surface area contributed by atoms with E-state index < -0.39 is 17.8 Å². The molecule has 2 aromatic rings. The lowest BCUT2D eigenvalue weighted by molar-refractivity contribution is 0.0127. The lowest BCUT2D eigenvalue weighted by Crippen LogP contribution is -2.50. The molecule has 3 amide bonds. The lowest BCUT2D eigenvalue weighted by Gasteiger charge is -2.39. The van der Waals surface area contributed by atoms with Crippen LogP contribution in [0.15, 0.2) is 42.7 Å². The van der Waals surface area contributed by atoms with Crippen molar-refractivity contribution in [3.8, 4) is 5.75 Å². The van der Waals surface area contributed by atoms with Crippen LogP contribution in [0.25, 0.3) is 0 Å². The monoisotopic (exact) mass is 510 g/mol. The highest BCUT2D eigenvalue weighted by atomic mass is 16.6. The molecule has 2 heterocycles. The molecule has 3 rings (SSSR count). The number of fused-ring (bicyclic) bond motifs is 1. The molecule has 0 saturated carbocycles. The fourth-order valence-corrected chi connectivity index (χ4v) is 4.06. The summed E-state index contributed by atoms with van der Waals surface area (Å²) < 4.78 is 12.0. The van der Waals surface area contributed by atoms with E-state index in [0.29, 0.717) is 23.4 Å². The van der Waals surface area contributed by atoms with Crippen LogP contribution in [-0.2, 0) is 4.74 Å². The number of pyridine rings is 1. The van der Waals surface area contributed by atoms with Crippen molar-refractivity contribution >= 4 is 23.6 Å². The zero-order valence-electron chi connectivity index (χ0n) is 22.8. The molecule has 9 nitrogen and oxygen atoms in total. The number of ether oxygens (including phenoxy) is 2. The van der Waals surface area contributed by atoms with Gasteiger partial charge < -0.3 is 24.6 Å². The Kier molecular flexibility index (Phi) is 8.78. The van der Waals surface area contributed by atoms with Crippen molar-refractivity contribution in [1.82, 2.24) is 14.8 Å². The molecule has 0 spiro atoms. The molecule has 0 fully saturated rings. The minimum atomic E-state index is -0.629. The molecule has 1 aliphatic rings. The molecule has 1 aromatic heterocycles. The molecule has 0 unspecified atom stereocenters. The van der Waals surface area contributed by atoms with Gasteiger partial charge in [-0.2, -0.15) is 0 Å². The van der Waals surface area contributed by atoms with Crippen LogP contribution in [0, 0.1) is 5.92 Å². The molecule has 3 atom stereocenters. The van der Waals surface area contributed by atoms with Gasteiger partial charge in [0.05, 0.1) is 17.8 Å². The van der Waals surface area contributed by atoms with E-state index >= 15 is 0 Å². The molecule has 0 aliphatic carbocycles. The number of hydrogen-bond donors (Lipinski definition) is 1. The van der Waals surface area contributed by atoms with Gasteiger partial charge in [0.1, 0.15) is 11.7 Å². The zero-order chi connectivity index (χ0) is 27.3. The Balaban J connectivity index is 2.00. The standard InChI is InChI=1S/C28H38N4O5/c1-8-19(3)32-16-18(2)23(17-31(7)27(35)37-28(4,5)6)36-24-21(26(32)34)10-9-11-22(24)30-25(33)20-12-14-29-15-13-20/h9-15,18-19,23H,8,16-17H2,1-7H3,(H,30,33)/t18-,19+,23+/m1/s1. The quantitative estimate of drug-likeness (QED) is 0.597. The first kappa shape index (κ1) is 28.0. The average Bonchev–Trinajstić information content (AvgIpc) is 2.85. The Morgan fingerprint density at radius 2 is 1.92 bits per heavy atom. The number of hydrogen-bond acceptors (Lipinski definition) is 6. The summed E-state index contributed by atoms with van der Waals surface area (Å²) in [5, 5.41) is 2.89. The maximum Gasteiger partial charge on any atom is 0.410 e. The molecule has 0 radical (unpaired) electrons. The normalized spacial score (nSPS) is 18.6. The van der Waals surface area contributed by atoms with Crippen LogP contribution in [0.3, 0.4) is 0 Å². The third-order valence-electron chi connectivity index (χ3n) is 6.37. The Hall–Kier alpha value is -3.62. The number of anilines is 1. The van der Waals surface area contributed by atoms with E-state index in [-0.39, 0.29) is 36.1 Å². The van der Waals surface area contributed by atoms with Crippen molar-refractivity contribution in [3.63, 3.8) is 0 Å². The number of carbonyl (C=O) groups excluding carboxylic acids is 3. The molecule has 9 heteroatoms. The number of nitrogens with zero attached hydrogens (tertiary/aromatic N) is 3. The average molecular weight is 511 g/mol. The summed E-state index contributed by atoms with van der Waals surface area (Å²) in [6, 6.07) is 8.36. The van der Waals surface area contributed by atoms with Gasteiger partial charge in [0, 0.05) is 43.5 Å². The fourth-order valence-electron chi connectivity index (χ4n) is 4.06. The topological polar surface area (TPSA) is 101 Å². The third kappa shape index (κ3) is 6.99. The highest BCUT2D eigenvalue weighted by Crippen LogP contribution is 2.35. The first-order chi connectivity index (χ1) is 17.4. The van der Waals surface area contributed by atoms with Gasteiger partial charge in [0.15, 0.2) is 5.75 Å². The first-order valence-electron chi connectivity index (χ1n) is 12.7. The Labute approximate surface area is 219 Å². The summed E-state index contributed by atoms with van der Waals surface area (Å²) in [6.07, 6.45) is 2.95. The number of likely N-dealkylation sites (N-methyl/N-ethyl adjacent to an activating group) is 1. The lowest BCUT2D eigenvalue weighted by atomic mass is 9.98. The molecule has 1 aromatic carbocycles. The summed E-state index contributed by atoms with van der Waals surface area (Å²) in [7, 11) is 1.67. The molecule has 1 N–H and O–H groups in total. The molecule has 0 bridgehead atoms. The predicted molar refractivity (Wildman–Crippen MR) is 142 cm³/mol. The molecular formula is C28H38N4O5. The van der Waals surface area contributed by atoms with Crippen LogP contribution in [0.5, 0.6) is 5.75 Å². The molecule has 200 valence electrons. The minimum Gasteiger partial charge on any atom is -0.485 e. The van der Waals surface area contributed by atoms with Crippen LogP contribution < -0.4 is 10.1 Å². The molecule has 37 heavy (non-hydrogen) atoms. The smallest absolute Gasteiger partial charge is 0.410 e. The summed E-state index contributed by atoms with van der Waals surface area (Å²) in [6.45, 7) is 12.2. The van der Waals surface area contributed by atoms with Crippen molar-refractivity contribution in [2.24, 2.45) is 5.92 Å². The van der Waals surface area contributed by atoms with E-state index in [1.165, 1.54) is 4.90 Å². The Bertz CT molecular complexity index is 1120. The SMILES string of the molecule is CC[C@H](C)N1C[C@@H](C)[C@H](CN(C)C(=O)OC(C)(C)C)Oc2c(NC(=O)c3ccncc3)cccc2C1=O. The summed E-state index contributed by atoms with van der Waals surface area (Å²) in [5.74, 6) is -0.324. The van der Waals surface area contributed by atoms with Crippen molar-refractivity contribution in [2.75, 3.05) is 25.5 Å². The van der Waals surface area contributed by atoms with Gasteiger partial charge >= 0.3 is 6.09 Å². The third-order valence-corrected chi connectivity index (χ3v) is 6.37. The molecule has 1 aliphatic heterocycles. The zero-order valence-corrected chi connectivity index (χ0v) is 22.8. The van der Waals surface area contributed by atoms with Crippen LogP contribution >= 0.6 is 0 Å². The Morgan fingerprint density at radius 1 is 1.24 bits per heavy atom. The maximum atomic E-state index is 13.7. The number of carbonyl (C=O) groups is 3. The second-order valence-corrected chi connectivity index (χ2v) is 10.6. The largest absolute Gasteiger partial charge is 0.485 e. The molecule has 0 saturated heterocycles. The second-order valence-electron chi connectivity index (χ2n) is 10.6. The number of amides is 3. The summed E-state index contributed by atoms with van der Waals surface area (Å²) in [4.78, 5) is 46.6.